The van der Waals surface area contributed by atoms with E-state index >= 15 is 0 Å². The number of nitrogens with one attached hydrogen (secondary N) is 1. The molecule has 0 aliphatic heterocycles. The Morgan fingerprint density at radius 2 is 1.92 bits per heavy atom. The maximum Gasteiger partial charge on any atom is 0.419 e. The fourth-order valence-corrected chi connectivity index (χ4v) is 2.49. The number of hydrogen-bond acceptors (Lipinski definition) is 3. The van der Waals surface area contributed by atoms with Crippen LogP contribution in [0.4, 0.5) is 9.18 Å². The van der Waals surface area contributed by atoms with Gasteiger partial charge in [0.15, 0.2) is 0 Å². The second kappa shape index (κ2) is 5.63. The first kappa shape index (κ1) is 16.0. The summed E-state index contributed by atoms with van der Waals surface area (Å²) in [5, 5.41) is 0.542. The van der Waals surface area contributed by atoms with E-state index in [4.69, 9.17) is 4.74 Å². The molecule has 0 atom stereocenters. The number of benzene rings is 1. The van der Waals surface area contributed by atoms with E-state index < -0.39 is 17.5 Å². The van der Waals surface area contributed by atoms with Crippen LogP contribution in [-0.4, -0.2) is 21.2 Å². The van der Waals surface area contributed by atoms with Gasteiger partial charge < -0.3 is 9.72 Å². The van der Waals surface area contributed by atoms with Gasteiger partial charge in [0.25, 0.3) is 0 Å². The van der Waals surface area contributed by atoms with Gasteiger partial charge in [-0.2, -0.15) is 0 Å². The lowest BCUT2D eigenvalue weighted by Gasteiger charge is -2.21. The summed E-state index contributed by atoms with van der Waals surface area (Å²) in [6.07, 6.45) is -0.594. The number of fused-ring (bicyclic) bond motifs is 1. The van der Waals surface area contributed by atoms with E-state index in [1.807, 2.05) is 0 Å². The lowest BCUT2D eigenvalue weighted by molar-refractivity contribution is 0.0547. The Hall–Kier alpha value is -2.89. The van der Waals surface area contributed by atoms with Crippen LogP contribution in [-0.2, 0) is 4.74 Å². The molecule has 0 radical (unpaired) electrons. The van der Waals surface area contributed by atoms with Crippen LogP contribution >= 0.6 is 0 Å². The third kappa shape index (κ3) is 3.08. The molecule has 0 fully saturated rings. The molecule has 0 amide bonds. The van der Waals surface area contributed by atoms with E-state index in [2.05, 4.69) is 4.98 Å². The smallest absolute Gasteiger partial charge is 0.419 e. The van der Waals surface area contributed by atoms with Crippen molar-refractivity contribution in [3.05, 3.63) is 58.6 Å². The molecule has 2 heterocycles. The van der Waals surface area contributed by atoms with Gasteiger partial charge in [0.2, 0.25) is 5.56 Å². The van der Waals surface area contributed by atoms with Crippen molar-refractivity contribution in [1.29, 1.82) is 0 Å². The van der Waals surface area contributed by atoms with Crippen molar-refractivity contribution < 1.29 is 13.9 Å². The summed E-state index contributed by atoms with van der Waals surface area (Å²) in [7, 11) is 0. The van der Waals surface area contributed by atoms with Crippen LogP contribution in [0.1, 0.15) is 20.8 Å². The number of nitrogens with zero attached hydrogens (tertiary/aromatic N) is 1. The second-order valence-corrected chi connectivity index (χ2v) is 6.48. The van der Waals surface area contributed by atoms with Crippen molar-refractivity contribution in [2.75, 3.05) is 0 Å². The van der Waals surface area contributed by atoms with Gasteiger partial charge in [-0.1, -0.05) is 6.07 Å². The van der Waals surface area contributed by atoms with Crippen molar-refractivity contribution in [2.45, 2.75) is 26.4 Å². The van der Waals surface area contributed by atoms with Gasteiger partial charge in [-0.25, -0.2) is 13.8 Å². The highest BCUT2D eigenvalue weighted by atomic mass is 19.1. The highest BCUT2D eigenvalue weighted by Crippen LogP contribution is 2.28. The summed E-state index contributed by atoms with van der Waals surface area (Å²) in [5.41, 5.74) is 0.410. The van der Waals surface area contributed by atoms with Crippen LogP contribution < -0.4 is 5.56 Å². The third-order valence-corrected chi connectivity index (χ3v) is 3.38. The van der Waals surface area contributed by atoms with Gasteiger partial charge in [0.1, 0.15) is 11.4 Å². The predicted molar refractivity (Wildman–Crippen MR) is 89.6 cm³/mol. The lowest BCUT2D eigenvalue weighted by atomic mass is 10.2. The standard InChI is InChI=1S/C18H17FN2O3/c1-18(2,3)24-17(23)21-14-8-7-12(19)9-11(14)10-15(21)13-5-4-6-16(22)20-13/h4-10H,1-3H3,(H,20,22). The van der Waals surface area contributed by atoms with Gasteiger partial charge in [-0.3, -0.25) is 4.79 Å². The molecule has 0 aliphatic carbocycles. The van der Waals surface area contributed by atoms with Crippen LogP contribution in [0.5, 0.6) is 0 Å². The summed E-state index contributed by atoms with van der Waals surface area (Å²) < 4.78 is 20.3. The summed E-state index contributed by atoms with van der Waals surface area (Å²) in [6, 6.07) is 10.4. The number of aromatic amines is 1. The number of aromatic nitrogens is 2. The number of rotatable bonds is 1. The van der Waals surface area contributed by atoms with Crippen LogP contribution in [0, 0.1) is 5.82 Å². The van der Waals surface area contributed by atoms with E-state index in [1.165, 1.54) is 28.8 Å². The number of hydrogen-bond donors (Lipinski definition) is 1. The molecular formula is C18H17FN2O3. The van der Waals surface area contributed by atoms with Gasteiger partial charge in [-0.15, -0.1) is 0 Å². The third-order valence-electron chi connectivity index (χ3n) is 3.38. The Balaban J connectivity index is 2.26. The minimum absolute atomic E-state index is 0.292. The molecule has 1 aromatic carbocycles. The first-order valence-corrected chi connectivity index (χ1v) is 7.49. The minimum atomic E-state index is -0.685. The van der Waals surface area contributed by atoms with E-state index in [0.717, 1.165) is 0 Å². The van der Waals surface area contributed by atoms with E-state index in [0.29, 0.717) is 22.3 Å². The zero-order valence-corrected chi connectivity index (χ0v) is 13.6. The van der Waals surface area contributed by atoms with Crippen LogP contribution in [0.15, 0.2) is 47.3 Å². The Morgan fingerprint density at radius 1 is 1.17 bits per heavy atom. The molecule has 0 unspecified atom stereocenters. The van der Waals surface area contributed by atoms with Crippen molar-refractivity contribution in [3.63, 3.8) is 0 Å². The maximum absolute atomic E-state index is 13.5. The molecule has 0 saturated carbocycles. The number of H-pyrrole nitrogens is 1. The van der Waals surface area contributed by atoms with Crippen LogP contribution in [0.2, 0.25) is 0 Å². The van der Waals surface area contributed by atoms with E-state index in [1.54, 1.807) is 39.0 Å². The molecule has 0 spiro atoms. The molecule has 1 N–H and O–H groups in total. The van der Waals surface area contributed by atoms with Crippen molar-refractivity contribution in [2.24, 2.45) is 0 Å². The number of carbonyl (C=O) groups excluding carboxylic acids is 1. The van der Waals surface area contributed by atoms with Gasteiger partial charge >= 0.3 is 6.09 Å². The second-order valence-electron chi connectivity index (χ2n) is 6.48. The summed E-state index contributed by atoms with van der Waals surface area (Å²) in [5.74, 6) is -0.406. The van der Waals surface area contributed by atoms with Gasteiger partial charge in [0.05, 0.1) is 16.9 Å². The monoisotopic (exact) mass is 328 g/mol. The van der Waals surface area contributed by atoms with Gasteiger partial charge in [-0.05, 0) is 51.1 Å². The number of carbonyl (C=O) groups is 1. The summed E-state index contributed by atoms with van der Waals surface area (Å²) in [4.78, 5) is 26.9. The number of pyridine rings is 1. The highest BCUT2D eigenvalue weighted by molar-refractivity contribution is 5.95. The molecule has 2 aromatic heterocycles. The fraction of sp³-hybridized carbons (Fsp3) is 0.222. The fourth-order valence-electron chi connectivity index (χ4n) is 2.49. The molecule has 5 nitrogen and oxygen atoms in total. The predicted octanol–water partition coefficient (Wildman–Crippen LogP) is 3.92. The number of ether oxygens (including phenoxy) is 1. The molecular weight excluding hydrogens is 311 g/mol. The molecule has 0 saturated heterocycles. The molecule has 124 valence electrons. The SMILES string of the molecule is CC(C)(C)OC(=O)n1c(-c2cccc(=O)[nH]2)cc2cc(F)ccc21. The molecule has 3 rings (SSSR count). The van der Waals surface area contributed by atoms with E-state index in [-0.39, 0.29) is 5.56 Å². The Morgan fingerprint density at radius 3 is 2.58 bits per heavy atom. The average Bonchev–Trinajstić information content (AvgIpc) is 2.84. The molecule has 24 heavy (non-hydrogen) atoms. The zero-order valence-electron chi connectivity index (χ0n) is 13.6. The summed E-state index contributed by atoms with van der Waals surface area (Å²) >= 11 is 0. The lowest BCUT2D eigenvalue weighted by Crippen LogP contribution is -2.27. The first-order chi connectivity index (χ1) is 11.2. The molecule has 0 aliphatic rings. The molecule has 6 heteroatoms. The van der Waals surface area contributed by atoms with Crippen molar-refractivity contribution >= 4 is 17.0 Å². The largest absolute Gasteiger partial charge is 0.443 e. The Kier molecular flexibility index (Phi) is 3.75. The average molecular weight is 328 g/mol. The number of halogens is 1. The zero-order chi connectivity index (χ0) is 17.5. The first-order valence-electron chi connectivity index (χ1n) is 7.49. The van der Waals surface area contributed by atoms with Crippen molar-refractivity contribution in [1.82, 2.24) is 9.55 Å². The maximum atomic E-state index is 13.5. The van der Waals surface area contributed by atoms with Crippen molar-refractivity contribution in [3.8, 4) is 11.4 Å². The van der Waals surface area contributed by atoms with Crippen LogP contribution in [0.25, 0.3) is 22.3 Å². The minimum Gasteiger partial charge on any atom is -0.443 e. The quantitative estimate of drug-likeness (QED) is 0.736. The highest BCUT2D eigenvalue weighted by Gasteiger charge is 2.23. The summed E-state index contributed by atoms with van der Waals surface area (Å²) in [6.45, 7) is 5.29. The Bertz CT molecular complexity index is 980. The normalized spacial score (nSPS) is 11.7. The topological polar surface area (TPSA) is 64.1 Å². The Labute approximate surface area is 137 Å². The van der Waals surface area contributed by atoms with Gasteiger partial charge in [0, 0.05) is 11.5 Å². The molecule has 3 aromatic rings. The molecule has 0 bridgehead atoms. The van der Waals surface area contributed by atoms with Crippen LogP contribution in [0.3, 0.4) is 0 Å². The van der Waals surface area contributed by atoms with E-state index in [9.17, 15) is 14.0 Å².